The fraction of sp³-hybridized carbons (Fsp3) is 0.667. The predicted octanol–water partition coefficient (Wildman–Crippen LogP) is 2.33. The predicted molar refractivity (Wildman–Crippen MR) is 73.4 cm³/mol. The number of aromatic nitrogens is 1. The highest BCUT2D eigenvalue weighted by molar-refractivity contribution is 5.28. The monoisotopic (exact) mass is 248 g/mol. The van der Waals surface area contributed by atoms with E-state index in [1.807, 2.05) is 12.3 Å². The molecule has 1 aliphatic heterocycles. The van der Waals surface area contributed by atoms with Gasteiger partial charge in [0.25, 0.3) is 0 Å². The molecular formula is C15H24N2O. The van der Waals surface area contributed by atoms with Crippen LogP contribution in [0.15, 0.2) is 18.5 Å². The third-order valence-electron chi connectivity index (χ3n) is 3.85. The molecule has 0 spiro atoms. The number of nitrogens with zero attached hydrogens (tertiary/aromatic N) is 2. The molecular weight excluding hydrogens is 224 g/mol. The first-order chi connectivity index (χ1) is 8.51. The lowest BCUT2D eigenvalue weighted by atomic mass is 9.83. The molecule has 3 heteroatoms. The summed E-state index contributed by atoms with van der Waals surface area (Å²) < 4.78 is 0. The molecule has 0 atom stereocenters. The van der Waals surface area contributed by atoms with E-state index in [0.29, 0.717) is 5.92 Å². The summed E-state index contributed by atoms with van der Waals surface area (Å²) in [5.41, 5.74) is 1.48. The van der Waals surface area contributed by atoms with Crippen LogP contribution in [-0.2, 0) is 5.60 Å². The second kappa shape index (κ2) is 5.37. The second-order valence-electron chi connectivity index (χ2n) is 5.92. The van der Waals surface area contributed by atoms with E-state index in [9.17, 15) is 5.11 Å². The van der Waals surface area contributed by atoms with Crippen LogP contribution in [-0.4, -0.2) is 34.6 Å². The molecule has 1 aliphatic rings. The van der Waals surface area contributed by atoms with Gasteiger partial charge in [-0.2, -0.15) is 0 Å². The van der Waals surface area contributed by atoms with Gasteiger partial charge in [0.2, 0.25) is 0 Å². The molecule has 1 saturated heterocycles. The molecule has 18 heavy (non-hydrogen) atoms. The zero-order valence-electron chi connectivity index (χ0n) is 11.7. The summed E-state index contributed by atoms with van der Waals surface area (Å²) in [4.78, 5) is 6.61. The van der Waals surface area contributed by atoms with Crippen molar-refractivity contribution in [3.05, 3.63) is 29.6 Å². The van der Waals surface area contributed by atoms with Crippen molar-refractivity contribution >= 4 is 0 Å². The maximum Gasteiger partial charge on any atom is 0.0938 e. The van der Waals surface area contributed by atoms with Gasteiger partial charge < -0.3 is 10.0 Å². The molecule has 0 amide bonds. The molecule has 0 aromatic carbocycles. The van der Waals surface area contributed by atoms with E-state index in [0.717, 1.165) is 43.6 Å². The highest BCUT2D eigenvalue weighted by Gasteiger charge is 2.35. The van der Waals surface area contributed by atoms with Crippen LogP contribution in [0.3, 0.4) is 0 Å². The number of likely N-dealkylation sites (tertiary alicyclic amines) is 1. The van der Waals surface area contributed by atoms with Gasteiger partial charge in [-0.1, -0.05) is 13.8 Å². The highest BCUT2D eigenvalue weighted by atomic mass is 16.3. The van der Waals surface area contributed by atoms with Crippen LogP contribution in [0, 0.1) is 12.8 Å². The van der Waals surface area contributed by atoms with Gasteiger partial charge in [0.1, 0.15) is 0 Å². The lowest BCUT2D eigenvalue weighted by Crippen LogP contribution is -2.44. The zero-order chi connectivity index (χ0) is 13.2. The van der Waals surface area contributed by atoms with Crippen LogP contribution < -0.4 is 0 Å². The Balaban J connectivity index is 2.05. The normalized spacial score (nSPS) is 20.3. The Labute approximate surface area is 110 Å². The molecule has 0 aliphatic carbocycles. The Hall–Kier alpha value is -0.930. The van der Waals surface area contributed by atoms with Gasteiger partial charge in [-0.05, 0) is 37.3 Å². The molecule has 0 radical (unpaired) electrons. The van der Waals surface area contributed by atoms with E-state index in [-0.39, 0.29) is 0 Å². The molecule has 1 N–H and O–H groups in total. The van der Waals surface area contributed by atoms with Gasteiger partial charge in [-0.3, -0.25) is 4.98 Å². The fourth-order valence-corrected chi connectivity index (χ4v) is 2.84. The van der Waals surface area contributed by atoms with Crippen LogP contribution in [0.5, 0.6) is 0 Å². The summed E-state index contributed by atoms with van der Waals surface area (Å²) in [5, 5.41) is 10.8. The van der Waals surface area contributed by atoms with Crippen LogP contribution >= 0.6 is 0 Å². The molecule has 0 saturated carbocycles. The average molecular weight is 248 g/mol. The third-order valence-corrected chi connectivity index (χ3v) is 3.85. The van der Waals surface area contributed by atoms with Crippen LogP contribution in [0.2, 0.25) is 0 Å². The van der Waals surface area contributed by atoms with Crippen molar-refractivity contribution in [1.82, 2.24) is 9.88 Å². The second-order valence-corrected chi connectivity index (χ2v) is 5.92. The van der Waals surface area contributed by atoms with Gasteiger partial charge in [-0.15, -0.1) is 0 Å². The number of piperidine rings is 1. The Morgan fingerprint density at radius 1 is 1.39 bits per heavy atom. The maximum atomic E-state index is 10.8. The SMILES string of the molecule is Cc1ccncc1C1(O)CCN(CC(C)C)CC1. The topological polar surface area (TPSA) is 36.4 Å². The van der Waals surface area contributed by atoms with Crippen molar-refractivity contribution in [2.24, 2.45) is 5.92 Å². The summed E-state index contributed by atoms with van der Waals surface area (Å²) in [6, 6.07) is 1.98. The highest BCUT2D eigenvalue weighted by Crippen LogP contribution is 2.34. The summed E-state index contributed by atoms with van der Waals surface area (Å²) in [6.07, 6.45) is 5.24. The quantitative estimate of drug-likeness (QED) is 0.892. The van der Waals surface area contributed by atoms with E-state index >= 15 is 0 Å². The third kappa shape index (κ3) is 2.90. The lowest BCUT2D eigenvalue weighted by molar-refractivity contribution is -0.0286. The molecule has 2 heterocycles. The number of hydrogen-bond donors (Lipinski definition) is 1. The van der Waals surface area contributed by atoms with Crippen LogP contribution in [0.4, 0.5) is 0 Å². The Bertz CT molecular complexity index is 395. The first-order valence-corrected chi connectivity index (χ1v) is 6.87. The first-order valence-electron chi connectivity index (χ1n) is 6.87. The minimum atomic E-state index is -0.675. The van der Waals surface area contributed by atoms with Crippen molar-refractivity contribution in [2.75, 3.05) is 19.6 Å². The molecule has 1 fully saturated rings. The maximum absolute atomic E-state index is 10.8. The first kappa shape index (κ1) is 13.5. The van der Waals surface area contributed by atoms with E-state index in [1.54, 1.807) is 6.20 Å². The van der Waals surface area contributed by atoms with Crippen molar-refractivity contribution in [1.29, 1.82) is 0 Å². The Morgan fingerprint density at radius 2 is 2.06 bits per heavy atom. The van der Waals surface area contributed by atoms with E-state index in [1.165, 1.54) is 0 Å². The minimum absolute atomic E-state index is 0.675. The number of aryl methyl sites for hydroxylation is 1. The number of rotatable bonds is 3. The summed E-state index contributed by atoms with van der Waals surface area (Å²) in [6.45, 7) is 9.61. The van der Waals surface area contributed by atoms with Gasteiger partial charge in [0.05, 0.1) is 5.60 Å². The molecule has 2 rings (SSSR count). The number of pyridine rings is 1. The van der Waals surface area contributed by atoms with E-state index in [4.69, 9.17) is 0 Å². The molecule has 1 aromatic heterocycles. The minimum Gasteiger partial charge on any atom is -0.385 e. The largest absolute Gasteiger partial charge is 0.385 e. The molecule has 3 nitrogen and oxygen atoms in total. The number of hydrogen-bond acceptors (Lipinski definition) is 3. The standard InChI is InChI=1S/C15H24N2O/c1-12(2)11-17-8-5-15(18,6-9-17)14-10-16-7-4-13(14)3/h4,7,10,12,18H,5-6,8-9,11H2,1-3H3. The van der Waals surface area contributed by atoms with Crippen molar-refractivity contribution < 1.29 is 5.11 Å². The fourth-order valence-electron chi connectivity index (χ4n) is 2.84. The van der Waals surface area contributed by atoms with Crippen LogP contribution in [0.1, 0.15) is 37.8 Å². The Kier molecular flexibility index (Phi) is 4.03. The van der Waals surface area contributed by atoms with Crippen molar-refractivity contribution in [2.45, 2.75) is 39.2 Å². The van der Waals surface area contributed by atoms with Crippen LogP contribution in [0.25, 0.3) is 0 Å². The lowest BCUT2D eigenvalue weighted by Gasteiger charge is -2.39. The van der Waals surface area contributed by atoms with Gasteiger partial charge in [-0.25, -0.2) is 0 Å². The van der Waals surface area contributed by atoms with Crippen molar-refractivity contribution in [3.63, 3.8) is 0 Å². The molecule has 1 aromatic rings. The Morgan fingerprint density at radius 3 is 2.61 bits per heavy atom. The molecule has 100 valence electrons. The van der Waals surface area contributed by atoms with Gasteiger partial charge in [0.15, 0.2) is 0 Å². The van der Waals surface area contributed by atoms with E-state index in [2.05, 4.69) is 30.7 Å². The van der Waals surface area contributed by atoms with Gasteiger partial charge in [0, 0.05) is 37.6 Å². The van der Waals surface area contributed by atoms with E-state index < -0.39 is 5.60 Å². The number of aliphatic hydroxyl groups is 1. The van der Waals surface area contributed by atoms with Crippen molar-refractivity contribution in [3.8, 4) is 0 Å². The summed E-state index contributed by atoms with van der Waals surface area (Å²) in [5.74, 6) is 0.691. The molecule has 0 unspecified atom stereocenters. The zero-order valence-corrected chi connectivity index (χ0v) is 11.7. The smallest absolute Gasteiger partial charge is 0.0938 e. The summed E-state index contributed by atoms with van der Waals surface area (Å²) in [7, 11) is 0. The average Bonchev–Trinajstić information content (AvgIpc) is 2.32. The summed E-state index contributed by atoms with van der Waals surface area (Å²) >= 11 is 0. The van der Waals surface area contributed by atoms with Gasteiger partial charge >= 0.3 is 0 Å². The molecule has 0 bridgehead atoms.